The highest BCUT2D eigenvalue weighted by Gasteiger charge is 2.19. The van der Waals surface area contributed by atoms with Crippen molar-refractivity contribution in [3.05, 3.63) is 85.1 Å². The molecule has 0 heterocycles. The number of hydrogen-bond acceptors (Lipinski definition) is 6. The number of hydrogen-bond donors (Lipinski definition) is 0. The Labute approximate surface area is 420 Å². The van der Waals surface area contributed by atoms with Crippen molar-refractivity contribution in [2.75, 3.05) is 13.2 Å². The van der Waals surface area contributed by atoms with Gasteiger partial charge in [0, 0.05) is 19.3 Å². The number of carbonyl (C=O) groups excluding carboxylic acids is 3. The predicted octanol–water partition coefficient (Wildman–Crippen LogP) is 19.2. The first-order valence-electron chi connectivity index (χ1n) is 28.7. The number of rotatable bonds is 51. The van der Waals surface area contributed by atoms with Crippen LogP contribution in [0, 0.1) is 0 Å². The van der Waals surface area contributed by atoms with Crippen molar-refractivity contribution >= 4 is 17.9 Å². The van der Waals surface area contributed by atoms with Crippen LogP contribution in [0.15, 0.2) is 85.1 Å². The van der Waals surface area contributed by atoms with Gasteiger partial charge in [0.15, 0.2) is 6.10 Å². The van der Waals surface area contributed by atoms with Gasteiger partial charge in [0.25, 0.3) is 0 Å². The van der Waals surface area contributed by atoms with E-state index in [0.717, 1.165) is 51.4 Å². The Morgan fingerprint density at radius 3 is 1.00 bits per heavy atom. The van der Waals surface area contributed by atoms with Crippen LogP contribution in [0.2, 0.25) is 0 Å². The van der Waals surface area contributed by atoms with Crippen LogP contribution in [0.3, 0.4) is 0 Å². The average molecular weight is 948 g/mol. The molecule has 0 radical (unpaired) electrons. The zero-order valence-electron chi connectivity index (χ0n) is 44.6. The van der Waals surface area contributed by atoms with Gasteiger partial charge in [-0.05, 0) is 57.8 Å². The van der Waals surface area contributed by atoms with Crippen molar-refractivity contribution < 1.29 is 28.6 Å². The minimum absolute atomic E-state index is 0.0990. The molecule has 68 heavy (non-hydrogen) atoms. The van der Waals surface area contributed by atoms with E-state index in [9.17, 15) is 14.4 Å². The molecule has 0 fully saturated rings. The number of unbranched alkanes of at least 4 members (excludes halogenated alkanes) is 31. The Bertz CT molecular complexity index is 1320. The van der Waals surface area contributed by atoms with Crippen LogP contribution in [0.25, 0.3) is 0 Å². The van der Waals surface area contributed by atoms with Gasteiger partial charge in [-0.25, -0.2) is 0 Å². The Kier molecular flexibility index (Phi) is 53.4. The molecule has 0 aromatic rings. The van der Waals surface area contributed by atoms with Crippen molar-refractivity contribution in [1.82, 2.24) is 0 Å². The lowest BCUT2D eigenvalue weighted by molar-refractivity contribution is -0.167. The quantitative estimate of drug-likeness (QED) is 0.0262. The Hall–Kier alpha value is -3.41. The molecule has 0 N–H and O–H groups in total. The normalized spacial score (nSPS) is 12.7. The first-order valence-corrected chi connectivity index (χ1v) is 28.7. The van der Waals surface area contributed by atoms with E-state index in [0.29, 0.717) is 19.3 Å². The number of ether oxygens (including phenoxy) is 3. The molecule has 1 atom stereocenters. The molecule has 0 bridgehead atoms. The van der Waals surface area contributed by atoms with Gasteiger partial charge in [-0.3, -0.25) is 14.4 Å². The summed E-state index contributed by atoms with van der Waals surface area (Å²) in [5.41, 5.74) is 0. The van der Waals surface area contributed by atoms with E-state index in [1.165, 1.54) is 173 Å². The molecule has 0 aromatic heterocycles. The first kappa shape index (κ1) is 64.6. The smallest absolute Gasteiger partial charge is 0.306 e. The summed E-state index contributed by atoms with van der Waals surface area (Å²) in [4.78, 5) is 38.1. The highest BCUT2D eigenvalue weighted by atomic mass is 16.6. The summed E-state index contributed by atoms with van der Waals surface area (Å²) in [6.45, 7) is 6.42. The molecule has 0 rings (SSSR count). The molecular formula is C62H106O6. The van der Waals surface area contributed by atoms with Crippen LogP contribution in [-0.2, 0) is 28.6 Å². The Balaban J connectivity index is 4.41. The first-order chi connectivity index (χ1) is 33.5. The third-order valence-corrected chi connectivity index (χ3v) is 12.3. The minimum atomic E-state index is -0.805. The van der Waals surface area contributed by atoms with E-state index < -0.39 is 6.10 Å². The van der Waals surface area contributed by atoms with Gasteiger partial charge in [-0.2, -0.15) is 0 Å². The van der Waals surface area contributed by atoms with Gasteiger partial charge in [-0.1, -0.05) is 279 Å². The largest absolute Gasteiger partial charge is 0.462 e. The second kappa shape index (κ2) is 56.2. The maximum absolute atomic E-state index is 12.9. The third-order valence-electron chi connectivity index (χ3n) is 12.3. The summed E-state index contributed by atoms with van der Waals surface area (Å²) in [7, 11) is 0. The molecule has 1 unspecified atom stereocenters. The van der Waals surface area contributed by atoms with Crippen molar-refractivity contribution in [2.24, 2.45) is 0 Å². The summed E-state index contributed by atoms with van der Waals surface area (Å²) >= 11 is 0. The summed E-state index contributed by atoms with van der Waals surface area (Å²) in [6.07, 6.45) is 73.0. The molecule has 0 aliphatic rings. The minimum Gasteiger partial charge on any atom is -0.462 e. The Morgan fingerprint density at radius 1 is 0.309 bits per heavy atom. The fourth-order valence-corrected chi connectivity index (χ4v) is 7.99. The van der Waals surface area contributed by atoms with Crippen LogP contribution in [0.1, 0.15) is 271 Å². The van der Waals surface area contributed by atoms with E-state index in [1.54, 1.807) is 0 Å². The molecule has 0 saturated heterocycles. The van der Waals surface area contributed by atoms with E-state index in [1.807, 2.05) is 54.7 Å². The lowest BCUT2D eigenvalue weighted by atomic mass is 10.0. The lowest BCUT2D eigenvalue weighted by Crippen LogP contribution is -2.30. The van der Waals surface area contributed by atoms with Crippen molar-refractivity contribution in [1.29, 1.82) is 0 Å². The van der Waals surface area contributed by atoms with Crippen molar-refractivity contribution in [3.63, 3.8) is 0 Å². The van der Waals surface area contributed by atoms with Crippen LogP contribution in [0.4, 0.5) is 0 Å². The van der Waals surface area contributed by atoms with E-state index in [4.69, 9.17) is 14.2 Å². The maximum Gasteiger partial charge on any atom is 0.306 e. The summed E-state index contributed by atoms with van der Waals surface area (Å²) in [5.74, 6) is -0.971. The van der Waals surface area contributed by atoms with E-state index in [-0.39, 0.29) is 37.5 Å². The fraction of sp³-hybridized carbons (Fsp3) is 0.726. The SMILES string of the molecule is CC\C=C/C=C\C=C/C=C\C=C/CCCC(=O)OCC(COC(=O)CCCCCCCCCCCC/C=C\C=C/CCCCC)OC(=O)CCCCCCCCCCCCCCCCCCCC. The van der Waals surface area contributed by atoms with Gasteiger partial charge in [0.05, 0.1) is 0 Å². The highest BCUT2D eigenvalue weighted by molar-refractivity contribution is 5.71. The topological polar surface area (TPSA) is 78.9 Å². The van der Waals surface area contributed by atoms with Gasteiger partial charge in [0.2, 0.25) is 0 Å². The van der Waals surface area contributed by atoms with Crippen LogP contribution < -0.4 is 0 Å². The van der Waals surface area contributed by atoms with Crippen LogP contribution >= 0.6 is 0 Å². The third kappa shape index (κ3) is 53.5. The highest BCUT2D eigenvalue weighted by Crippen LogP contribution is 2.16. The Morgan fingerprint density at radius 2 is 0.588 bits per heavy atom. The van der Waals surface area contributed by atoms with Crippen LogP contribution in [-0.4, -0.2) is 37.2 Å². The molecule has 0 amide bonds. The number of esters is 3. The van der Waals surface area contributed by atoms with Gasteiger partial charge in [0.1, 0.15) is 13.2 Å². The molecule has 0 aromatic carbocycles. The maximum atomic E-state index is 12.9. The standard InChI is InChI=1S/C62H106O6/c1-4-7-10-13-16-19-22-25-27-29-31-33-34-37-40-43-46-49-52-55-61(64)67-58-59(57-66-60(63)54-51-48-45-42-39-36-24-21-18-15-12-9-6-3)68-62(65)56-53-50-47-44-41-38-35-32-30-28-26-23-20-17-14-11-8-5-2/h9,12,15-16,18-19,21-22,24-25,36,39,42,45,59H,4-8,10-11,13-14,17,20,23,26-35,37-38,40-41,43-44,46-58H2,1-3H3/b12-9-,18-15-,19-16-,24-21-,25-22-,39-36-,45-42-. The molecule has 6 nitrogen and oxygen atoms in total. The van der Waals surface area contributed by atoms with E-state index in [2.05, 4.69) is 51.2 Å². The van der Waals surface area contributed by atoms with Gasteiger partial charge < -0.3 is 14.2 Å². The van der Waals surface area contributed by atoms with Crippen molar-refractivity contribution in [3.8, 4) is 0 Å². The molecule has 0 aliphatic carbocycles. The number of allylic oxidation sites excluding steroid dienone is 14. The van der Waals surface area contributed by atoms with Gasteiger partial charge in [-0.15, -0.1) is 0 Å². The predicted molar refractivity (Wildman–Crippen MR) is 293 cm³/mol. The number of carbonyl (C=O) groups is 3. The second-order valence-corrected chi connectivity index (χ2v) is 19.0. The molecule has 0 spiro atoms. The monoisotopic (exact) mass is 947 g/mol. The second-order valence-electron chi connectivity index (χ2n) is 19.0. The van der Waals surface area contributed by atoms with Gasteiger partial charge >= 0.3 is 17.9 Å². The molecule has 390 valence electrons. The molecule has 0 saturated carbocycles. The van der Waals surface area contributed by atoms with Crippen molar-refractivity contribution in [2.45, 2.75) is 277 Å². The molecular weight excluding hydrogens is 841 g/mol. The lowest BCUT2D eigenvalue weighted by Gasteiger charge is -2.18. The fourth-order valence-electron chi connectivity index (χ4n) is 7.99. The average Bonchev–Trinajstić information content (AvgIpc) is 3.34. The summed E-state index contributed by atoms with van der Waals surface area (Å²) in [6, 6.07) is 0. The summed E-state index contributed by atoms with van der Waals surface area (Å²) in [5, 5.41) is 0. The molecule has 0 aliphatic heterocycles. The molecule has 6 heteroatoms. The van der Waals surface area contributed by atoms with Crippen LogP contribution in [0.5, 0.6) is 0 Å². The zero-order valence-corrected chi connectivity index (χ0v) is 44.6. The zero-order chi connectivity index (χ0) is 49.3. The summed E-state index contributed by atoms with van der Waals surface area (Å²) < 4.78 is 16.8. The van der Waals surface area contributed by atoms with E-state index >= 15 is 0 Å².